The smallest absolute Gasteiger partial charge is 0.341 e. The van der Waals surface area contributed by atoms with Crippen molar-refractivity contribution in [2.24, 2.45) is 0 Å². The average molecular weight is 340 g/mol. The summed E-state index contributed by atoms with van der Waals surface area (Å²) in [4.78, 5) is 11.4. The van der Waals surface area contributed by atoms with Crippen LogP contribution in [0.15, 0.2) is 16.6 Å². The molecule has 0 bridgehead atoms. The van der Waals surface area contributed by atoms with Crippen molar-refractivity contribution in [2.45, 2.75) is 12.3 Å². The van der Waals surface area contributed by atoms with Gasteiger partial charge in [0.25, 0.3) is 0 Å². The van der Waals surface area contributed by atoms with Gasteiger partial charge in [-0.3, -0.25) is 0 Å². The molecular weight excluding hydrogens is 331 g/mol. The molecule has 0 radical (unpaired) electrons. The highest BCUT2D eigenvalue weighted by Crippen LogP contribution is 2.23. The minimum absolute atomic E-state index is 0.0329. The maximum atomic E-state index is 13.4. The van der Waals surface area contributed by atoms with Gasteiger partial charge in [-0.2, -0.15) is 0 Å². The SMILES string of the molecule is CCOC(=O)c1cc(CBr)c(Br)cc1F. The maximum absolute atomic E-state index is 13.4. The lowest BCUT2D eigenvalue weighted by molar-refractivity contribution is 0.0521. The fourth-order valence-electron chi connectivity index (χ4n) is 1.06. The molecular formula is C10H9Br2FO2. The molecule has 0 amide bonds. The van der Waals surface area contributed by atoms with E-state index in [4.69, 9.17) is 4.74 Å². The van der Waals surface area contributed by atoms with Crippen LogP contribution >= 0.6 is 31.9 Å². The lowest BCUT2D eigenvalue weighted by atomic mass is 10.1. The Kier molecular flexibility index (Phi) is 4.73. The Morgan fingerprint density at radius 3 is 2.73 bits per heavy atom. The molecule has 1 aromatic carbocycles. The molecule has 0 spiro atoms. The van der Waals surface area contributed by atoms with Crippen LogP contribution in [0.3, 0.4) is 0 Å². The molecule has 0 unspecified atom stereocenters. The summed E-state index contributed by atoms with van der Waals surface area (Å²) in [6, 6.07) is 2.75. The third-order valence-electron chi connectivity index (χ3n) is 1.78. The van der Waals surface area contributed by atoms with Crippen molar-refractivity contribution in [3.8, 4) is 0 Å². The van der Waals surface area contributed by atoms with E-state index in [0.29, 0.717) is 9.80 Å². The predicted octanol–water partition coefficient (Wildman–Crippen LogP) is 3.66. The number of hydrogen-bond donors (Lipinski definition) is 0. The van der Waals surface area contributed by atoms with Crippen molar-refractivity contribution >= 4 is 37.8 Å². The number of ether oxygens (including phenoxy) is 1. The number of carbonyl (C=O) groups excluding carboxylic acids is 1. The molecule has 0 atom stereocenters. The molecule has 0 saturated carbocycles. The number of esters is 1. The van der Waals surface area contributed by atoms with Crippen molar-refractivity contribution < 1.29 is 13.9 Å². The summed E-state index contributed by atoms with van der Waals surface area (Å²) >= 11 is 6.46. The van der Waals surface area contributed by atoms with Crippen LogP contribution in [0.25, 0.3) is 0 Å². The molecule has 0 fully saturated rings. The molecule has 0 N–H and O–H groups in total. The summed E-state index contributed by atoms with van der Waals surface area (Å²) in [5.74, 6) is -1.21. The van der Waals surface area contributed by atoms with E-state index in [1.165, 1.54) is 12.1 Å². The van der Waals surface area contributed by atoms with Crippen molar-refractivity contribution in [1.29, 1.82) is 0 Å². The molecule has 0 saturated heterocycles. The Morgan fingerprint density at radius 1 is 1.53 bits per heavy atom. The first-order chi connectivity index (χ1) is 7.10. The molecule has 1 rings (SSSR count). The monoisotopic (exact) mass is 338 g/mol. The van der Waals surface area contributed by atoms with Gasteiger partial charge in [-0.05, 0) is 24.6 Å². The van der Waals surface area contributed by atoms with Crippen LogP contribution in [-0.4, -0.2) is 12.6 Å². The molecule has 0 heterocycles. The standard InChI is InChI=1S/C10H9Br2FO2/c1-2-15-10(14)7-3-6(5-11)8(12)4-9(7)13/h3-4H,2,5H2,1H3. The number of carbonyl (C=O) groups is 1. The predicted molar refractivity (Wildman–Crippen MR) is 62.7 cm³/mol. The molecule has 0 aliphatic heterocycles. The second-order valence-electron chi connectivity index (χ2n) is 2.78. The first-order valence-corrected chi connectivity index (χ1v) is 6.22. The van der Waals surface area contributed by atoms with Crippen LogP contribution in [0.2, 0.25) is 0 Å². The minimum Gasteiger partial charge on any atom is -0.462 e. The quantitative estimate of drug-likeness (QED) is 0.620. The zero-order valence-corrected chi connectivity index (χ0v) is 11.2. The van der Waals surface area contributed by atoms with Crippen LogP contribution in [0.5, 0.6) is 0 Å². The van der Waals surface area contributed by atoms with E-state index in [2.05, 4.69) is 31.9 Å². The Balaban J connectivity index is 3.12. The van der Waals surface area contributed by atoms with Gasteiger partial charge in [-0.15, -0.1) is 0 Å². The Labute approximate surface area is 104 Å². The van der Waals surface area contributed by atoms with E-state index in [1.54, 1.807) is 6.92 Å². The molecule has 2 nitrogen and oxygen atoms in total. The van der Waals surface area contributed by atoms with E-state index in [0.717, 1.165) is 5.56 Å². The minimum atomic E-state index is -0.635. The lowest BCUT2D eigenvalue weighted by Crippen LogP contribution is -2.08. The van der Waals surface area contributed by atoms with Crippen molar-refractivity contribution in [1.82, 2.24) is 0 Å². The van der Waals surface area contributed by atoms with E-state index < -0.39 is 11.8 Å². The summed E-state index contributed by atoms with van der Waals surface area (Å²) in [6.45, 7) is 1.91. The second kappa shape index (κ2) is 5.61. The zero-order chi connectivity index (χ0) is 11.4. The van der Waals surface area contributed by atoms with Gasteiger partial charge < -0.3 is 4.74 Å². The van der Waals surface area contributed by atoms with Gasteiger partial charge >= 0.3 is 5.97 Å². The highest BCUT2D eigenvalue weighted by Gasteiger charge is 2.15. The molecule has 0 aliphatic rings. The summed E-state index contributed by atoms with van der Waals surface area (Å²) in [7, 11) is 0. The average Bonchev–Trinajstić information content (AvgIpc) is 2.18. The number of rotatable bonds is 3. The van der Waals surface area contributed by atoms with Crippen LogP contribution in [0.1, 0.15) is 22.8 Å². The van der Waals surface area contributed by atoms with Crippen molar-refractivity contribution in [3.63, 3.8) is 0 Å². The Morgan fingerprint density at radius 2 is 2.20 bits per heavy atom. The van der Waals surface area contributed by atoms with Gasteiger partial charge in [0.15, 0.2) is 0 Å². The first-order valence-electron chi connectivity index (χ1n) is 4.31. The third kappa shape index (κ3) is 3.01. The molecule has 5 heteroatoms. The topological polar surface area (TPSA) is 26.3 Å². The van der Waals surface area contributed by atoms with E-state index in [1.807, 2.05) is 0 Å². The molecule has 15 heavy (non-hydrogen) atoms. The third-order valence-corrected chi connectivity index (χ3v) is 3.12. The van der Waals surface area contributed by atoms with Crippen LogP contribution in [-0.2, 0) is 10.1 Å². The van der Waals surface area contributed by atoms with Gasteiger partial charge in [0, 0.05) is 9.80 Å². The number of hydrogen-bond acceptors (Lipinski definition) is 2. The molecule has 1 aromatic rings. The number of benzene rings is 1. The number of alkyl halides is 1. The van der Waals surface area contributed by atoms with E-state index in [-0.39, 0.29) is 12.2 Å². The largest absolute Gasteiger partial charge is 0.462 e. The normalized spacial score (nSPS) is 10.1. The van der Waals surface area contributed by atoms with Gasteiger partial charge in [-0.1, -0.05) is 31.9 Å². The summed E-state index contributed by atoms with van der Waals surface area (Å²) in [6.07, 6.45) is 0. The van der Waals surface area contributed by atoms with Gasteiger partial charge in [0.05, 0.1) is 12.2 Å². The zero-order valence-electron chi connectivity index (χ0n) is 8.02. The highest BCUT2D eigenvalue weighted by atomic mass is 79.9. The summed E-state index contributed by atoms with van der Waals surface area (Å²) in [5.41, 5.74) is 0.772. The summed E-state index contributed by atoms with van der Waals surface area (Å²) in [5, 5.41) is 0.542. The summed E-state index contributed by atoms with van der Waals surface area (Å²) < 4.78 is 18.8. The van der Waals surface area contributed by atoms with Gasteiger partial charge in [0.2, 0.25) is 0 Å². The van der Waals surface area contributed by atoms with Gasteiger partial charge in [0.1, 0.15) is 5.82 Å². The Bertz CT molecular complexity index is 380. The number of halogens is 3. The van der Waals surface area contributed by atoms with Crippen molar-refractivity contribution in [2.75, 3.05) is 6.61 Å². The van der Waals surface area contributed by atoms with Crippen LogP contribution in [0.4, 0.5) is 4.39 Å². The first kappa shape index (κ1) is 12.6. The van der Waals surface area contributed by atoms with E-state index >= 15 is 0 Å². The maximum Gasteiger partial charge on any atom is 0.341 e. The fourth-order valence-corrected chi connectivity index (χ4v) is 2.36. The van der Waals surface area contributed by atoms with Gasteiger partial charge in [-0.25, -0.2) is 9.18 Å². The van der Waals surface area contributed by atoms with Crippen LogP contribution in [0, 0.1) is 5.82 Å². The second-order valence-corrected chi connectivity index (χ2v) is 4.19. The van der Waals surface area contributed by atoms with E-state index in [9.17, 15) is 9.18 Å². The lowest BCUT2D eigenvalue weighted by Gasteiger charge is -2.06. The Hall–Kier alpha value is -0.420. The van der Waals surface area contributed by atoms with Crippen LogP contribution < -0.4 is 0 Å². The molecule has 82 valence electrons. The highest BCUT2D eigenvalue weighted by molar-refractivity contribution is 9.10. The molecule has 0 aromatic heterocycles. The fraction of sp³-hybridized carbons (Fsp3) is 0.300. The van der Waals surface area contributed by atoms with Crippen molar-refractivity contribution in [3.05, 3.63) is 33.5 Å². The molecule has 0 aliphatic carbocycles.